The van der Waals surface area contributed by atoms with Crippen molar-refractivity contribution in [3.05, 3.63) is 93.0 Å². The fraction of sp³-hybridized carbons (Fsp3) is 0.321. The third-order valence-electron chi connectivity index (χ3n) is 6.95. The quantitative estimate of drug-likeness (QED) is 0.359. The molecule has 4 N–H and O–H groups in total. The van der Waals surface area contributed by atoms with Crippen molar-refractivity contribution in [3.63, 3.8) is 0 Å². The molecule has 0 spiro atoms. The van der Waals surface area contributed by atoms with E-state index in [9.17, 15) is 23.9 Å². The number of ketones is 1. The van der Waals surface area contributed by atoms with E-state index in [1.807, 2.05) is 0 Å². The zero-order valence-corrected chi connectivity index (χ0v) is 20.6. The lowest BCUT2D eigenvalue weighted by Crippen LogP contribution is -2.44. The summed E-state index contributed by atoms with van der Waals surface area (Å²) in [7, 11) is 0. The van der Waals surface area contributed by atoms with Crippen LogP contribution in [0.4, 0.5) is 19.0 Å². The molecule has 1 aliphatic rings. The molecule has 0 unspecified atom stereocenters. The zero-order valence-electron chi connectivity index (χ0n) is 20.6. The number of carboxylic acids is 1. The van der Waals surface area contributed by atoms with Gasteiger partial charge in [-0.2, -0.15) is 0 Å². The molecule has 7 nitrogen and oxygen atoms in total. The second-order valence-electron chi connectivity index (χ2n) is 9.47. The molecule has 1 heterocycles. The maximum Gasteiger partial charge on any atom is 0.320 e. The van der Waals surface area contributed by atoms with Gasteiger partial charge in [0.2, 0.25) is 0 Å². The van der Waals surface area contributed by atoms with E-state index < -0.39 is 52.3 Å². The second-order valence-corrected chi connectivity index (χ2v) is 9.47. The second kappa shape index (κ2) is 11.6. The molecular formula is C28H28F3N3O4. The van der Waals surface area contributed by atoms with Crippen LogP contribution in [0.3, 0.4) is 0 Å². The normalized spacial score (nSPS) is 14.8. The van der Waals surface area contributed by atoms with E-state index in [1.54, 1.807) is 0 Å². The predicted octanol–water partition coefficient (Wildman–Crippen LogP) is 4.23. The molecule has 10 heteroatoms. The van der Waals surface area contributed by atoms with E-state index in [4.69, 9.17) is 5.73 Å². The van der Waals surface area contributed by atoms with Crippen molar-refractivity contribution < 1.29 is 27.9 Å². The molecule has 4 rings (SSSR count). The number of carbonyl (C=O) groups is 2. The number of hydrogen-bond donors (Lipinski definition) is 3. The lowest BCUT2D eigenvalue weighted by atomic mass is 9.84. The first kappa shape index (κ1) is 27.1. The number of nitrogen functional groups attached to an aromatic ring is 1. The first-order valence-electron chi connectivity index (χ1n) is 12.4. The van der Waals surface area contributed by atoms with Gasteiger partial charge in [0.25, 0.3) is 5.56 Å². The highest BCUT2D eigenvalue weighted by Crippen LogP contribution is 2.27. The molecule has 0 saturated heterocycles. The van der Waals surface area contributed by atoms with Crippen LogP contribution in [-0.4, -0.2) is 34.0 Å². The van der Waals surface area contributed by atoms with Crippen molar-refractivity contribution in [3.8, 4) is 5.69 Å². The molecule has 0 aliphatic heterocycles. The number of benzene rings is 2. The summed E-state index contributed by atoms with van der Waals surface area (Å²) in [6.45, 7) is 0.190. The Hall–Kier alpha value is -3.92. The van der Waals surface area contributed by atoms with Crippen LogP contribution in [0.2, 0.25) is 0 Å². The minimum absolute atomic E-state index is 0.0110. The largest absolute Gasteiger partial charge is 0.480 e. The van der Waals surface area contributed by atoms with Crippen molar-refractivity contribution in [2.45, 2.75) is 44.6 Å². The Balaban J connectivity index is 1.56. The molecular weight excluding hydrogens is 499 g/mol. The van der Waals surface area contributed by atoms with Crippen molar-refractivity contribution in [1.29, 1.82) is 0 Å². The molecule has 38 heavy (non-hydrogen) atoms. The number of carboxylic acid groups (broad SMARTS) is 1. The van der Waals surface area contributed by atoms with E-state index in [0.29, 0.717) is 4.57 Å². The summed E-state index contributed by atoms with van der Waals surface area (Å²) < 4.78 is 44.2. The topological polar surface area (TPSA) is 114 Å². The monoisotopic (exact) mass is 527 g/mol. The van der Waals surface area contributed by atoms with E-state index in [1.165, 1.54) is 12.1 Å². The van der Waals surface area contributed by atoms with Crippen LogP contribution in [0.15, 0.2) is 53.3 Å². The van der Waals surface area contributed by atoms with Crippen LogP contribution in [-0.2, 0) is 11.2 Å². The van der Waals surface area contributed by atoms with Crippen molar-refractivity contribution in [1.82, 2.24) is 9.88 Å². The highest BCUT2D eigenvalue weighted by Gasteiger charge is 2.29. The molecule has 3 aromatic rings. The number of pyridine rings is 1. The van der Waals surface area contributed by atoms with Crippen molar-refractivity contribution >= 4 is 17.6 Å². The third kappa shape index (κ3) is 5.80. The van der Waals surface area contributed by atoms with Gasteiger partial charge in [-0.15, -0.1) is 0 Å². The van der Waals surface area contributed by atoms with E-state index in [0.717, 1.165) is 68.5 Å². The molecule has 2 aromatic carbocycles. The summed E-state index contributed by atoms with van der Waals surface area (Å²) in [6, 6.07) is 8.14. The first-order valence-corrected chi connectivity index (χ1v) is 12.4. The standard InChI is InChI=1S/C28H28F3N3O4/c29-19-8-6-18(7-9-19)26(36)20-10-11-23(35)34(27(20)32)25-21(30)14-16(15-22(25)31)12-13-33-24(28(37)38)17-4-2-1-3-5-17/h6-11,14-15,17,24,33H,1-5,12-13,32H2,(H,37,38)/t24-/m0/s1. The number of nitrogens with two attached hydrogens (primary N) is 1. The van der Waals surface area contributed by atoms with Gasteiger partial charge in [-0.05, 0) is 79.8 Å². The van der Waals surface area contributed by atoms with Gasteiger partial charge in [-0.1, -0.05) is 19.3 Å². The number of hydrogen-bond acceptors (Lipinski definition) is 5. The van der Waals surface area contributed by atoms with Crippen LogP contribution in [0.5, 0.6) is 0 Å². The van der Waals surface area contributed by atoms with Crippen LogP contribution >= 0.6 is 0 Å². The van der Waals surface area contributed by atoms with Gasteiger partial charge < -0.3 is 16.2 Å². The van der Waals surface area contributed by atoms with Gasteiger partial charge in [0.15, 0.2) is 17.4 Å². The van der Waals surface area contributed by atoms with Crippen LogP contribution < -0.4 is 16.6 Å². The molecule has 0 amide bonds. The average molecular weight is 528 g/mol. The lowest BCUT2D eigenvalue weighted by molar-refractivity contribution is -0.141. The first-order chi connectivity index (χ1) is 18.2. The Morgan fingerprint density at radius 2 is 1.63 bits per heavy atom. The fourth-order valence-electron chi connectivity index (χ4n) is 5.00. The highest BCUT2D eigenvalue weighted by atomic mass is 19.1. The lowest BCUT2D eigenvalue weighted by Gasteiger charge is -2.28. The molecule has 0 radical (unpaired) electrons. The number of carbonyl (C=O) groups excluding carboxylic acids is 1. The van der Waals surface area contributed by atoms with Crippen molar-refractivity contribution in [2.24, 2.45) is 5.92 Å². The number of halogens is 3. The minimum Gasteiger partial charge on any atom is -0.480 e. The SMILES string of the molecule is Nc1c(C(=O)c2ccc(F)cc2)ccc(=O)n1-c1c(F)cc(CCN[C@H](C(=O)O)C2CCCCC2)cc1F. The predicted molar refractivity (Wildman–Crippen MR) is 136 cm³/mol. The van der Waals surface area contributed by atoms with Gasteiger partial charge in [-0.3, -0.25) is 19.0 Å². The summed E-state index contributed by atoms with van der Waals surface area (Å²) in [4.78, 5) is 37.2. The Kier molecular flexibility index (Phi) is 8.31. The molecule has 1 fully saturated rings. The maximum atomic E-state index is 15.2. The molecule has 1 aliphatic carbocycles. The number of rotatable bonds is 9. The molecule has 200 valence electrons. The third-order valence-corrected chi connectivity index (χ3v) is 6.95. The fourth-order valence-corrected chi connectivity index (χ4v) is 5.00. The number of aliphatic carboxylic acids is 1. The minimum atomic E-state index is -1.07. The molecule has 1 saturated carbocycles. The van der Waals surface area contributed by atoms with Crippen molar-refractivity contribution in [2.75, 3.05) is 12.3 Å². The van der Waals surface area contributed by atoms with Crippen LogP contribution in [0, 0.1) is 23.4 Å². The summed E-state index contributed by atoms with van der Waals surface area (Å²) in [5, 5.41) is 12.6. The highest BCUT2D eigenvalue weighted by molar-refractivity contribution is 6.11. The van der Waals surface area contributed by atoms with E-state index >= 15 is 8.78 Å². The Bertz CT molecular complexity index is 1380. The smallest absolute Gasteiger partial charge is 0.320 e. The van der Waals surface area contributed by atoms with Crippen LogP contribution in [0.1, 0.15) is 53.6 Å². The van der Waals surface area contributed by atoms with Gasteiger partial charge >= 0.3 is 5.97 Å². The Morgan fingerprint density at radius 1 is 1.00 bits per heavy atom. The number of nitrogens with one attached hydrogen (secondary N) is 1. The summed E-state index contributed by atoms with van der Waals surface area (Å²) in [5.74, 6) is -4.73. The number of nitrogens with zero attached hydrogens (tertiary/aromatic N) is 1. The average Bonchev–Trinajstić information content (AvgIpc) is 2.88. The Morgan fingerprint density at radius 3 is 2.24 bits per heavy atom. The molecule has 1 aromatic heterocycles. The number of aromatic nitrogens is 1. The number of anilines is 1. The maximum absolute atomic E-state index is 15.2. The van der Waals surface area contributed by atoms with Gasteiger partial charge in [0.05, 0.1) is 5.56 Å². The van der Waals surface area contributed by atoms with Gasteiger partial charge in [0, 0.05) is 11.6 Å². The van der Waals surface area contributed by atoms with E-state index in [-0.39, 0.29) is 35.6 Å². The molecule has 1 atom stereocenters. The van der Waals surface area contributed by atoms with Gasteiger partial charge in [-0.25, -0.2) is 13.2 Å². The van der Waals surface area contributed by atoms with Crippen LogP contribution in [0.25, 0.3) is 5.69 Å². The zero-order chi connectivity index (χ0) is 27.4. The summed E-state index contributed by atoms with van der Waals surface area (Å²) >= 11 is 0. The summed E-state index contributed by atoms with van der Waals surface area (Å²) in [5.41, 5.74) is 4.63. The van der Waals surface area contributed by atoms with Gasteiger partial charge in [0.1, 0.15) is 23.4 Å². The Labute approximate surface area is 217 Å². The van der Waals surface area contributed by atoms with E-state index in [2.05, 4.69) is 5.32 Å². The molecule has 0 bridgehead atoms. The summed E-state index contributed by atoms with van der Waals surface area (Å²) in [6.07, 6.45) is 4.84.